The van der Waals surface area contributed by atoms with Crippen molar-refractivity contribution < 1.29 is 58.6 Å². The molecule has 0 fully saturated rings. The maximum Gasteiger partial charge on any atom is 0.411 e. The third-order valence-electron chi connectivity index (χ3n) is 6.69. The molecule has 1 heterocycles. The summed E-state index contributed by atoms with van der Waals surface area (Å²) in [6.45, 7) is 5.31. The number of esters is 1. The predicted molar refractivity (Wildman–Crippen MR) is 144 cm³/mol. The molecule has 44 heavy (non-hydrogen) atoms. The van der Waals surface area contributed by atoms with Gasteiger partial charge in [0.15, 0.2) is 15.3 Å². The summed E-state index contributed by atoms with van der Waals surface area (Å²) in [5.41, 5.74) is -6.55. The van der Waals surface area contributed by atoms with E-state index in [0.717, 1.165) is 23.3 Å². The van der Waals surface area contributed by atoms with Gasteiger partial charge in [0.2, 0.25) is 0 Å². The number of fused-ring (bicyclic) bond motifs is 1. The van der Waals surface area contributed by atoms with Crippen LogP contribution >= 0.6 is 0 Å². The number of hydrogen-bond acceptors (Lipinski definition) is 7. The van der Waals surface area contributed by atoms with Crippen molar-refractivity contribution in [1.29, 1.82) is 0 Å². The molecule has 2 aromatic carbocycles. The Kier molecular flexibility index (Phi) is 9.40. The average Bonchev–Trinajstić information content (AvgIpc) is 3.24. The molecule has 3 rings (SSSR count). The lowest BCUT2D eigenvalue weighted by atomic mass is 9.76. The molecule has 0 radical (unpaired) electrons. The molecule has 0 aromatic heterocycles. The van der Waals surface area contributed by atoms with Crippen molar-refractivity contribution in [3.63, 3.8) is 0 Å². The first-order valence-corrected chi connectivity index (χ1v) is 14.9. The van der Waals surface area contributed by atoms with E-state index in [1.165, 1.54) is 25.1 Å². The van der Waals surface area contributed by atoms with Crippen molar-refractivity contribution in [2.24, 2.45) is 0 Å². The molecule has 16 heteroatoms. The SMILES string of the molecule is CCOC(=O)CC(c1ccc(NC(=O)C2c3ccc(S(C)(=O)=O)cc3CN2C(=O)OC(C)(C)C)cc1)(C(F)(F)F)C(F)(F)F. The van der Waals surface area contributed by atoms with Gasteiger partial charge in [0.25, 0.3) is 5.91 Å². The van der Waals surface area contributed by atoms with Gasteiger partial charge < -0.3 is 14.8 Å². The molecule has 2 amide bonds. The fraction of sp³-hybridized carbons (Fsp3) is 0.464. The number of rotatable bonds is 7. The molecule has 0 bridgehead atoms. The fourth-order valence-corrected chi connectivity index (χ4v) is 5.37. The lowest BCUT2D eigenvalue weighted by Crippen LogP contribution is -2.55. The molecule has 0 saturated carbocycles. The lowest BCUT2D eigenvalue weighted by Gasteiger charge is -2.37. The summed E-state index contributed by atoms with van der Waals surface area (Å²) >= 11 is 0. The highest BCUT2D eigenvalue weighted by Gasteiger charge is 2.72. The van der Waals surface area contributed by atoms with Gasteiger partial charge in [0.1, 0.15) is 11.6 Å². The quantitative estimate of drug-likeness (QED) is 0.295. The van der Waals surface area contributed by atoms with Crippen LogP contribution in [0.3, 0.4) is 0 Å². The molecule has 9 nitrogen and oxygen atoms in total. The smallest absolute Gasteiger partial charge is 0.411 e. The van der Waals surface area contributed by atoms with E-state index in [2.05, 4.69) is 10.1 Å². The molecule has 1 N–H and O–H groups in total. The van der Waals surface area contributed by atoms with Crippen molar-refractivity contribution >= 4 is 33.5 Å². The first-order valence-electron chi connectivity index (χ1n) is 13.0. The molecular weight excluding hydrogens is 622 g/mol. The van der Waals surface area contributed by atoms with Crippen LogP contribution in [0, 0.1) is 0 Å². The van der Waals surface area contributed by atoms with Crippen LogP contribution in [0.1, 0.15) is 56.8 Å². The number of anilines is 1. The minimum absolute atomic E-state index is 0.0716. The van der Waals surface area contributed by atoms with E-state index < -0.39 is 75.8 Å². The number of carbonyl (C=O) groups excluding carboxylic acids is 3. The number of carbonyl (C=O) groups is 3. The zero-order chi connectivity index (χ0) is 33.5. The van der Waals surface area contributed by atoms with Gasteiger partial charge in [-0.2, -0.15) is 26.3 Å². The van der Waals surface area contributed by atoms with Gasteiger partial charge in [-0.05, 0) is 68.7 Å². The maximum atomic E-state index is 14.1. The van der Waals surface area contributed by atoms with Crippen LogP contribution in [0.2, 0.25) is 0 Å². The van der Waals surface area contributed by atoms with Crippen molar-refractivity contribution in [3.05, 3.63) is 59.2 Å². The highest BCUT2D eigenvalue weighted by atomic mass is 32.2. The van der Waals surface area contributed by atoms with Crippen molar-refractivity contribution in [2.75, 3.05) is 18.2 Å². The van der Waals surface area contributed by atoms with E-state index in [1.807, 2.05) is 0 Å². The van der Waals surface area contributed by atoms with E-state index in [1.54, 1.807) is 20.8 Å². The Bertz CT molecular complexity index is 1520. The summed E-state index contributed by atoms with van der Waals surface area (Å²) in [6.07, 6.45) is -13.9. The standard InChI is InChI=1S/C28H30F6N2O7S/c1-6-42-21(37)14-26(27(29,30)31,28(32,33)34)17-7-9-18(10-8-17)35-23(38)22-20-12-11-19(44(5,40)41)13-16(20)15-36(22)24(39)43-25(2,3)4/h7-13,22H,6,14-15H2,1-5H3,(H,35,38). The first-order chi connectivity index (χ1) is 20.0. The van der Waals surface area contributed by atoms with Crippen LogP contribution < -0.4 is 5.32 Å². The minimum atomic E-state index is -5.95. The van der Waals surface area contributed by atoms with Gasteiger partial charge in [0.05, 0.1) is 24.5 Å². The maximum absolute atomic E-state index is 14.1. The number of halogens is 6. The van der Waals surface area contributed by atoms with Crippen LogP contribution in [0.25, 0.3) is 0 Å². The molecule has 1 atom stereocenters. The second-order valence-electron chi connectivity index (χ2n) is 11.1. The van der Waals surface area contributed by atoms with Crippen LogP contribution in [0.4, 0.5) is 36.8 Å². The summed E-state index contributed by atoms with van der Waals surface area (Å²) in [6, 6.07) is 5.04. The Balaban J connectivity index is 2.01. The van der Waals surface area contributed by atoms with Crippen molar-refractivity contribution in [2.45, 2.75) is 75.0 Å². The fourth-order valence-electron chi connectivity index (χ4n) is 4.70. The van der Waals surface area contributed by atoms with Gasteiger partial charge in [-0.25, -0.2) is 13.2 Å². The van der Waals surface area contributed by atoms with Crippen LogP contribution in [-0.2, 0) is 40.9 Å². The van der Waals surface area contributed by atoms with Crippen molar-refractivity contribution in [3.8, 4) is 0 Å². The summed E-state index contributed by atoms with van der Waals surface area (Å²) in [5, 5.41) is 2.37. The van der Waals surface area contributed by atoms with E-state index in [-0.39, 0.29) is 22.7 Å². The second-order valence-corrected chi connectivity index (χ2v) is 13.1. The average molecular weight is 653 g/mol. The minimum Gasteiger partial charge on any atom is -0.466 e. The van der Waals surface area contributed by atoms with E-state index >= 15 is 0 Å². The van der Waals surface area contributed by atoms with Gasteiger partial charge in [-0.15, -0.1) is 0 Å². The number of hydrogen-bond donors (Lipinski definition) is 1. The number of benzene rings is 2. The molecule has 1 aliphatic rings. The lowest BCUT2D eigenvalue weighted by molar-refractivity contribution is -0.305. The number of nitrogens with one attached hydrogen (secondary N) is 1. The Morgan fingerprint density at radius 2 is 1.52 bits per heavy atom. The normalized spacial score (nSPS) is 15.9. The number of nitrogens with zero attached hydrogens (tertiary/aromatic N) is 1. The van der Waals surface area contributed by atoms with E-state index in [0.29, 0.717) is 17.7 Å². The van der Waals surface area contributed by atoms with Crippen LogP contribution in [-0.4, -0.2) is 62.1 Å². The third kappa shape index (κ3) is 7.11. The Morgan fingerprint density at radius 3 is 2.00 bits per heavy atom. The molecule has 1 unspecified atom stereocenters. The third-order valence-corrected chi connectivity index (χ3v) is 7.80. The largest absolute Gasteiger partial charge is 0.466 e. The zero-order valence-electron chi connectivity index (χ0n) is 24.2. The summed E-state index contributed by atoms with van der Waals surface area (Å²) in [4.78, 5) is 39.3. The van der Waals surface area contributed by atoms with Crippen LogP contribution in [0.15, 0.2) is 47.4 Å². The summed E-state index contributed by atoms with van der Waals surface area (Å²) in [5.74, 6) is -2.61. The molecular formula is C28H30F6N2O7S. The van der Waals surface area contributed by atoms with E-state index in [4.69, 9.17) is 4.74 Å². The summed E-state index contributed by atoms with van der Waals surface area (Å²) in [7, 11) is -3.65. The highest BCUT2D eigenvalue weighted by molar-refractivity contribution is 7.90. The molecule has 2 aromatic rings. The number of amides is 2. The first kappa shape index (κ1) is 34.7. The molecule has 1 aliphatic heterocycles. The van der Waals surface area contributed by atoms with Gasteiger partial charge >= 0.3 is 24.4 Å². The molecule has 242 valence electrons. The molecule has 0 aliphatic carbocycles. The zero-order valence-corrected chi connectivity index (χ0v) is 25.0. The van der Waals surface area contributed by atoms with Gasteiger partial charge in [-0.1, -0.05) is 18.2 Å². The number of ether oxygens (including phenoxy) is 2. The second kappa shape index (κ2) is 11.9. The van der Waals surface area contributed by atoms with Crippen molar-refractivity contribution in [1.82, 2.24) is 4.90 Å². The monoisotopic (exact) mass is 652 g/mol. The van der Waals surface area contributed by atoms with Gasteiger partial charge in [0, 0.05) is 11.9 Å². The predicted octanol–water partition coefficient (Wildman–Crippen LogP) is 5.84. The Labute approximate surface area is 249 Å². The Hall–Kier alpha value is -3.82. The molecule has 0 saturated heterocycles. The number of sulfone groups is 1. The molecule has 0 spiro atoms. The summed E-state index contributed by atoms with van der Waals surface area (Å²) < 4.78 is 118. The number of alkyl halides is 6. The Morgan fingerprint density at radius 1 is 0.955 bits per heavy atom. The topological polar surface area (TPSA) is 119 Å². The highest BCUT2D eigenvalue weighted by Crippen LogP contribution is 2.54. The van der Waals surface area contributed by atoms with Crippen LogP contribution in [0.5, 0.6) is 0 Å². The van der Waals surface area contributed by atoms with E-state index in [9.17, 15) is 49.1 Å². The van der Waals surface area contributed by atoms with Gasteiger partial charge in [-0.3, -0.25) is 14.5 Å².